The van der Waals surface area contributed by atoms with Gasteiger partial charge in [0.15, 0.2) is 9.84 Å². The van der Waals surface area contributed by atoms with E-state index in [9.17, 15) is 13.2 Å². The van der Waals surface area contributed by atoms with Crippen molar-refractivity contribution in [3.63, 3.8) is 0 Å². The lowest BCUT2D eigenvalue weighted by atomic mass is 9.91. The Morgan fingerprint density at radius 1 is 1.38 bits per heavy atom. The highest BCUT2D eigenvalue weighted by Crippen LogP contribution is 2.28. The van der Waals surface area contributed by atoms with Gasteiger partial charge in [-0.05, 0) is 25.7 Å². The number of carbonyl (C=O) groups excluding carboxylic acids is 1. The summed E-state index contributed by atoms with van der Waals surface area (Å²) in [6.07, 6.45) is 3.40. The fraction of sp³-hybridized carbons (Fsp3) is 0.909. The molecular weight excluding hydrogens is 228 g/mol. The zero-order chi connectivity index (χ0) is 12.2. The van der Waals surface area contributed by atoms with E-state index in [1.807, 2.05) is 0 Å². The molecule has 1 aliphatic carbocycles. The van der Waals surface area contributed by atoms with E-state index in [2.05, 4.69) is 11.7 Å². The number of ether oxygens (including phenoxy) is 1. The number of esters is 1. The zero-order valence-electron chi connectivity index (χ0n) is 9.94. The second-order valence-electron chi connectivity index (χ2n) is 4.51. The van der Waals surface area contributed by atoms with Crippen LogP contribution in [0.3, 0.4) is 0 Å². The lowest BCUT2D eigenvalue weighted by Crippen LogP contribution is -2.32. The van der Waals surface area contributed by atoms with Crippen LogP contribution in [-0.4, -0.2) is 32.0 Å². The molecule has 0 bridgehead atoms. The van der Waals surface area contributed by atoms with Crippen molar-refractivity contribution in [3.05, 3.63) is 0 Å². The van der Waals surface area contributed by atoms with Gasteiger partial charge >= 0.3 is 5.97 Å². The SMILES string of the molecule is CCOC(=O)CS(=O)(=O)C1CCCC(C)C1. The molecule has 5 heteroatoms. The molecule has 0 aromatic carbocycles. The number of sulfone groups is 1. The Balaban J connectivity index is 2.59. The lowest BCUT2D eigenvalue weighted by Gasteiger charge is -2.26. The maximum Gasteiger partial charge on any atom is 0.321 e. The van der Waals surface area contributed by atoms with Gasteiger partial charge in [0.2, 0.25) is 0 Å². The predicted molar refractivity (Wildman–Crippen MR) is 61.8 cm³/mol. The summed E-state index contributed by atoms with van der Waals surface area (Å²) in [5, 5.41) is -0.347. The molecule has 0 saturated heterocycles. The van der Waals surface area contributed by atoms with E-state index in [4.69, 9.17) is 0 Å². The number of rotatable bonds is 4. The minimum atomic E-state index is -3.31. The second kappa shape index (κ2) is 5.66. The van der Waals surface area contributed by atoms with Crippen LogP contribution in [0.25, 0.3) is 0 Å². The minimum absolute atomic E-state index is 0.232. The van der Waals surface area contributed by atoms with Crippen molar-refractivity contribution in [2.75, 3.05) is 12.4 Å². The molecule has 0 spiro atoms. The first-order valence-electron chi connectivity index (χ1n) is 5.83. The largest absolute Gasteiger partial charge is 0.465 e. The summed E-state index contributed by atoms with van der Waals surface area (Å²) in [6.45, 7) is 3.97. The molecule has 1 rings (SSSR count). The topological polar surface area (TPSA) is 60.4 Å². The van der Waals surface area contributed by atoms with Crippen molar-refractivity contribution in [1.29, 1.82) is 0 Å². The molecule has 0 aliphatic heterocycles. The van der Waals surface area contributed by atoms with Gasteiger partial charge in [-0.15, -0.1) is 0 Å². The van der Waals surface area contributed by atoms with Crippen LogP contribution >= 0.6 is 0 Å². The third kappa shape index (κ3) is 3.77. The minimum Gasteiger partial charge on any atom is -0.465 e. The van der Waals surface area contributed by atoms with Crippen molar-refractivity contribution in [3.8, 4) is 0 Å². The van der Waals surface area contributed by atoms with Crippen molar-refractivity contribution < 1.29 is 17.9 Å². The summed E-state index contributed by atoms with van der Waals surface area (Å²) in [6, 6.07) is 0. The van der Waals surface area contributed by atoms with Crippen molar-refractivity contribution in [2.24, 2.45) is 5.92 Å². The van der Waals surface area contributed by atoms with Gasteiger partial charge in [0.25, 0.3) is 0 Å². The molecule has 0 N–H and O–H groups in total. The fourth-order valence-electron chi connectivity index (χ4n) is 2.19. The average Bonchev–Trinajstić information content (AvgIpc) is 2.17. The third-order valence-electron chi connectivity index (χ3n) is 3.02. The van der Waals surface area contributed by atoms with E-state index < -0.39 is 21.6 Å². The summed E-state index contributed by atoms with van der Waals surface area (Å²) in [5.41, 5.74) is 0. The first-order chi connectivity index (χ1) is 7.45. The van der Waals surface area contributed by atoms with Crippen molar-refractivity contribution in [2.45, 2.75) is 44.8 Å². The molecule has 1 saturated carbocycles. The zero-order valence-corrected chi connectivity index (χ0v) is 10.8. The highest BCUT2D eigenvalue weighted by Gasteiger charge is 2.32. The van der Waals surface area contributed by atoms with Gasteiger partial charge < -0.3 is 4.74 Å². The molecule has 94 valence electrons. The molecule has 2 unspecified atom stereocenters. The molecule has 0 radical (unpaired) electrons. The van der Waals surface area contributed by atoms with E-state index in [0.717, 1.165) is 12.8 Å². The Kier molecular flexibility index (Phi) is 4.77. The van der Waals surface area contributed by atoms with E-state index in [-0.39, 0.29) is 11.9 Å². The standard InChI is InChI=1S/C11H20O4S/c1-3-15-11(12)8-16(13,14)10-6-4-5-9(2)7-10/h9-10H,3-8H2,1-2H3. The molecule has 1 aliphatic rings. The van der Waals surface area contributed by atoms with Crippen molar-refractivity contribution >= 4 is 15.8 Å². The first-order valence-corrected chi connectivity index (χ1v) is 7.54. The first kappa shape index (κ1) is 13.5. The summed E-state index contributed by atoms with van der Waals surface area (Å²) in [4.78, 5) is 11.2. The predicted octanol–water partition coefficient (Wildman–Crippen LogP) is 1.54. The Hall–Kier alpha value is -0.580. The van der Waals surface area contributed by atoms with Crippen LogP contribution in [0.2, 0.25) is 0 Å². The van der Waals surface area contributed by atoms with Gasteiger partial charge in [-0.2, -0.15) is 0 Å². The molecule has 0 aromatic heterocycles. The Bertz CT molecular complexity index is 334. The molecule has 1 fully saturated rings. The Labute approximate surface area is 97.3 Å². The Morgan fingerprint density at radius 3 is 2.62 bits per heavy atom. The van der Waals surface area contributed by atoms with Crippen LogP contribution in [0.5, 0.6) is 0 Å². The Morgan fingerprint density at radius 2 is 2.06 bits per heavy atom. The smallest absolute Gasteiger partial charge is 0.321 e. The molecular formula is C11H20O4S. The number of hydrogen-bond donors (Lipinski definition) is 0. The van der Waals surface area contributed by atoms with E-state index in [1.165, 1.54) is 0 Å². The normalized spacial score (nSPS) is 26.4. The van der Waals surface area contributed by atoms with Gasteiger partial charge in [-0.3, -0.25) is 4.79 Å². The number of hydrogen-bond acceptors (Lipinski definition) is 4. The average molecular weight is 248 g/mol. The van der Waals surface area contributed by atoms with E-state index >= 15 is 0 Å². The summed E-state index contributed by atoms with van der Waals surface area (Å²) >= 11 is 0. The van der Waals surface area contributed by atoms with Crippen LogP contribution in [0.4, 0.5) is 0 Å². The van der Waals surface area contributed by atoms with Crippen LogP contribution in [0, 0.1) is 5.92 Å². The van der Waals surface area contributed by atoms with Gasteiger partial charge in [0, 0.05) is 0 Å². The highest BCUT2D eigenvalue weighted by atomic mass is 32.2. The quantitative estimate of drug-likeness (QED) is 0.708. The molecule has 0 amide bonds. The van der Waals surface area contributed by atoms with Gasteiger partial charge in [0.05, 0.1) is 11.9 Å². The van der Waals surface area contributed by atoms with E-state index in [0.29, 0.717) is 18.8 Å². The molecule has 2 atom stereocenters. The van der Waals surface area contributed by atoms with Crippen LogP contribution < -0.4 is 0 Å². The van der Waals surface area contributed by atoms with Crippen LogP contribution in [0.15, 0.2) is 0 Å². The highest BCUT2D eigenvalue weighted by molar-refractivity contribution is 7.92. The van der Waals surface area contributed by atoms with Gasteiger partial charge in [0.1, 0.15) is 5.75 Å². The lowest BCUT2D eigenvalue weighted by molar-refractivity contribution is -0.139. The summed E-state index contributed by atoms with van der Waals surface area (Å²) < 4.78 is 28.5. The number of carbonyl (C=O) groups is 1. The summed E-state index contributed by atoms with van der Waals surface area (Å²) in [7, 11) is -3.31. The van der Waals surface area contributed by atoms with Crippen molar-refractivity contribution in [1.82, 2.24) is 0 Å². The van der Waals surface area contributed by atoms with Crippen LogP contribution in [-0.2, 0) is 19.4 Å². The second-order valence-corrected chi connectivity index (χ2v) is 6.79. The summed E-state index contributed by atoms with van der Waals surface area (Å²) in [5.74, 6) is -0.644. The van der Waals surface area contributed by atoms with Crippen LogP contribution in [0.1, 0.15) is 39.5 Å². The monoisotopic (exact) mass is 248 g/mol. The maximum absolute atomic E-state index is 11.9. The molecule has 4 nitrogen and oxygen atoms in total. The van der Waals surface area contributed by atoms with E-state index in [1.54, 1.807) is 6.92 Å². The third-order valence-corrected chi connectivity index (χ3v) is 5.10. The molecule has 0 heterocycles. The maximum atomic E-state index is 11.9. The molecule has 0 aromatic rings. The van der Waals surface area contributed by atoms with Gasteiger partial charge in [-0.25, -0.2) is 8.42 Å². The molecule has 16 heavy (non-hydrogen) atoms. The van der Waals surface area contributed by atoms with Gasteiger partial charge in [-0.1, -0.05) is 19.8 Å². The fourth-order valence-corrected chi connectivity index (χ4v) is 3.98.